The number of hydrogen-bond acceptors (Lipinski definition) is 5. The Hall–Kier alpha value is -3.78. The van der Waals surface area contributed by atoms with Crippen LogP contribution >= 0.6 is 0 Å². The molecule has 8 nitrogen and oxygen atoms in total. The Kier molecular flexibility index (Phi) is 6.69. The van der Waals surface area contributed by atoms with Gasteiger partial charge >= 0.3 is 5.69 Å². The van der Waals surface area contributed by atoms with Gasteiger partial charge in [0.05, 0.1) is 12.7 Å². The molecule has 1 aliphatic rings. The molecule has 4 aromatic rings. The molecule has 1 amide bonds. The van der Waals surface area contributed by atoms with Gasteiger partial charge in [-0.2, -0.15) is 0 Å². The van der Waals surface area contributed by atoms with Crippen LogP contribution in [0.1, 0.15) is 54.1 Å². The minimum atomic E-state index is -0.237. The third-order valence-corrected chi connectivity index (χ3v) is 7.05. The van der Waals surface area contributed by atoms with Gasteiger partial charge in [0.1, 0.15) is 5.52 Å². The van der Waals surface area contributed by atoms with Crippen molar-refractivity contribution in [2.75, 3.05) is 20.1 Å². The monoisotopic (exact) mass is 484 g/mol. The molecule has 0 unspecified atom stereocenters. The quantitative estimate of drug-likeness (QED) is 0.434. The first-order valence-corrected chi connectivity index (χ1v) is 12.5. The van der Waals surface area contributed by atoms with E-state index >= 15 is 0 Å². The van der Waals surface area contributed by atoms with Crippen LogP contribution < -0.4 is 11.0 Å². The number of H-pyrrole nitrogens is 1. The minimum absolute atomic E-state index is 0.0268. The van der Waals surface area contributed by atoms with Crippen molar-refractivity contribution in [2.24, 2.45) is 0 Å². The van der Waals surface area contributed by atoms with Gasteiger partial charge in [-0.3, -0.25) is 9.36 Å². The van der Waals surface area contributed by atoms with E-state index in [1.165, 1.54) is 0 Å². The summed E-state index contributed by atoms with van der Waals surface area (Å²) in [5.41, 5.74) is 4.63. The molecule has 0 bridgehead atoms. The second kappa shape index (κ2) is 10.1. The molecule has 2 aromatic heterocycles. The van der Waals surface area contributed by atoms with Crippen molar-refractivity contribution in [3.63, 3.8) is 0 Å². The van der Waals surface area contributed by atoms with Crippen LogP contribution in [-0.4, -0.2) is 56.5 Å². The molecule has 2 N–H and O–H groups in total. The topological polar surface area (TPSA) is 95.9 Å². The van der Waals surface area contributed by atoms with E-state index in [0.29, 0.717) is 35.0 Å². The van der Waals surface area contributed by atoms with Gasteiger partial charge in [-0.1, -0.05) is 50.2 Å². The maximum absolute atomic E-state index is 13.0. The number of nitrogens with zero attached hydrogens (tertiary/aromatic N) is 4. The molecule has 1 fully saturated rings. The Morgan fingerprint density at radius 2 is 1.83 bits per heavy atom. The van der Waals surface area contributed by atoms with Crippen LogP contribution in [0.5, 0.6) is 0 Å². The average Bonchev–Trinajstić information content (AvgIpc) is 3.22. The summed E-state index contributed by atoms with van der Waals surface area (Å²) in [4.78, 5) is 39.8. The number of hydrogen-bond donors (Lipinski definition) is 2. The summed E-state index contributed by atoms with van der Waals surface area (Å²) in [6.07, 6.45) is 3.61. The number of carbonyl (C=O) groups is 1. The van der Waals surface area contributed by atoms with E-state index in [1.807, 2.05) is 54.4 Å². The number of carbonyl (C=O) groups excluding carboxylic acids is 1. The molecule has 0 atom stereocenters. The standard InChI is InChI=1S/C28H32N6O2/c1-18(2)22-6-4-5-7-23(22)25-30-16-24-26(32-25)34(28(36)31-24)17-19-8-10-20(11-9-19)27(35)33(3)21-12-14-29-15-13-21/h4-11,16,18,21,29H,12-15,17H2,1-3H3,(H,31,36). The van der Waals surface area contributed by atoms with Crippen LogP contribution in [0, 0.1) is 0 Å². The first kappa shape index (κ1) is 23.9. The molecule has 0 spiro atoms. The highest BCUT2D eigenvalue weighted by molar-refractivity contribution is 5.94. The fourth-order valence-corrected chi connectivity index (χ4v) is 4.92. The zero-order valence-electron chi connectivity index (χ0n) is 21.0. The summed E-state index contributed by atoms with van der Waals surface area (Å²) < 4.78 is 1.62. The van der Waals surface area contributed by atoms with Crippen LogP contribution in [0.15, 0.2) is 59.5 Å². The summed E-state index contributed by atoms with van der Waals surface area (Å²) in [5.74, 6) is 0.948. The van der Waals surface area contributed by atoms with Crippen LogP contribution in [0.4, 0.5) is 0 Å². The van der Waals surface area contributed by atoms with Crippen LogP contribution in [0.2, 0.25) is 0 Å². The zero-order chi connectivity index (χ0) is 25.2. The molecule has 0 saturated carbocycles. The normalized spacial score (nSPS) is 14.4. The summed E-state index contributed by atoms with van der Waals surface area (Å²) in [6.45, 7) is 6.51. The highest BCUT2D eigenvalue weighted by Crippen LogP contribution is 2.27. The number of piperidine rings is 1. The lowest BCUT2D eigenvalue weighted by Crippen LogP contribution is -2.43. The van der Waals surface area contributed by atoms with Crippen molar-refractivity contribution in [2.45, 2.75) is 45.2 Å². The van der Waals surface area contributed by atoms with Crippen LogP contribution in [0.25, 0.3) is 22.6 Å². The molecule has 2 aromatic carbocycles. The third-order valence-electron chi connectivity index (χ3n) is 7.05. The fraction of sp³-hybridized carbons (Fsp3) is 0.357. The highest BCUT2D eigenvalue weighted by atomic mass is 16.2. The van der Waals surface area contributed by atoms with E-state index in [-0.39, 0.29) is 17.6 Å². The number of imidazole rings is 1. The second-order valence-corrected chi connectivity index (χ2v) is 9.78. The smallest absolute Gasteiger partial charge is 0.328 e. The largest absolute Gasteiger partial charge is 0.339 e. The molecule has 1 saturated heterocycles. The lowest BCUT2D eigenvalue weighted by atomic mass is 9.97. The molecular formula is C28H32N6O2. The third kappa shape index (κ3) is 4.68. The van der Waals surface area contributed by atoms with Crippen LogP contribution in [0.3, 0.4) is 0 Å². The van der Waals surface area contributed by atoms with Gasteiger partial charge in [0.25, 0.3) is 5.91 Å². The van der Waals surface area contributed by atoms with Crippen molar-refractivity contribution in [3.8, 4) is 11.4 Å². The highest BCUT2D eigenvalue weighted by Gasteiger charge is 2.23. The minimum Gasteiger partial charge on any atom is -0.339 e. The summed E-state index contributed by atoms with van der Waals surface area (Å²) in [5, 5.41) is 3.34. The molecule has 0 aliphatic carbocycles. The van der Waals surface area contributed by atoms with Gasteiger partial charge in [0.15, 0.2) is 11.5 Å². The van der Waals surface area contributed by atoms with Crippen molar-refractivity contribution in [1.82, 2.24) is 29.7 Å². The van der Waals surface area contributed by atoms with E-state index in [0.717, 1.165) is 42.6 Å². The number of amides is 1. The predicted octanol–water partition coefficient (Wildman–Crippen LogP) is 3.78. The number of aromatic nitrogens is 4. The second-order valence-electron chi connectivity index (χ2n) is 9.78. The predicted molar refractivity (Wildman–Crippen MR) is 141 cm³/mol. The Morgan fingerprint density at radius 1 is 1.11 bits per heavy atom. The molecule has 186 valence electrons. The van der Waals surface area contributed by atoms with Gasteiger partial charge in [-0.25, -0.2) is 14.8 Å². The summed E-state index contributed by atoms with van der Waals surface area (Å²) >= 11 is 0. The maximum Gasteiger partial charge on any atom is 0.328 e. The van der Waals surface area contributed by atoms with Crippen molar-refractivity contribution >= 4 is 17.1 Å². The first-order chi connectivity index (χ1) is 17.4. The fourth-order valence-electron chi connectivity index (χ4n) is 4.92. The van der Waals surface area contributed by atoms with Crippen LogP contribution in [-0.2, 0) is 6.54 Å². The Balaban J connectivity index is 1.40. The molecule has 0 radical (unpaired) electrons. The molecule has 36 heavy (non-hydrogen) atoms. The lowest BCUT2D eigenvalue weighted by molar-refractivity contribution is 0.0703. The number of aromatic amines is 1. The Morgan fingerprint density at radius 3 is 2.56 bits per heavy atom. The molecule has 8 heteroatoms. The van der Waals surface area contributed by atoms with E-state index in [9.17, 15) is 9.59 Å². The Bertz CT molecular complexity index is 1430. The Labute approximate surface area is 210 Å². The van der Waals surface area contributed by atoms with Gasteiger partial charge in [0, 0.05) is 24.2 Å². The molecular weight excluding hydrogens is 452 g/mol. The number of rotatable bonds is 6. The summed E-state index contributed by atoms with van der Waals surface area (Å²) in [6, 6.07) is 15.9. The molecule has 5 rings (SSSR count). The zero-order valence-corrected chi connectivity index (χ0v) is 21.0. The number of fused-ring (bicyclic) bond motifs is 1. The molecule has 1 aliphatic heterocycles. The van der Waals surface area contributed by atoms with Gasteiger partial charge in [-0.05, 0) is 55.1 Å². The SMILES string of the molecule is CC(C)c1ccccc1-c1ncc2[nH]c(=O)n(Cc3ccc(C(=O)N(C)C4CCNCC4)cc3)c2n1. The van der Waals surface area contributed by atoms with E-state index < -0.39 is 0 Å². The molecule has 3 heterocycles. The van der Waals surface area contributed by atoms with Gasteiger partial charge in [0.2, 0.25) is 0 Å². The van der Waals surface area contributed by atoms with Gasteiger partial charge in [-0.15, -0.1) is 0 Å². The van der Waals surface area contributed by atoms with E-state index in [2.05, 4.69) is 35.2 Å². The van der Waals surface area contributed by atoms with Crippen molar-refractivity contribution in [3.05, 3.63) is 81.9 Å². The summed E-state index contributed by atoms with van der Waals surface area (Å²) in [7, 11) is 1.88. The average molecular weight is 485 g/mol. The van der Waals surface area contributed by atoms with Crippen molar-refractivity contribution in [1.29, 1.82) is 0 Å². The number of benzene rings is 2. The van der Waals surface area contributed by atoms with E-state index in [1.54, 1.807) is 10.8 Å². The first-order valence-electron chi connectivity index (χ1n) is 12.5. The number of nitrogens with one attached hydrogen (secondary N) is 2. The lowest BCUT2D eigenvalue weighted by Gasteiger charge is -2.31. The van der Waals surface area contributed by atoms with Crippen molar-refractivity contribution < 1.29 is 4.79 Å². The van der Waals surface area contributed by atoms with Gasteiger partial charge < -0.3 is 15.2 Å². The maximum atomic E-state index is 13.0. The van der Waals surface area contributed by atoms with E-state index in [4.69, 9.17) is 4.98 Å².